The molecule has 7 aromatic rings. The fraction of sp³-hybridized carbons (Fsp3) is 0.357. The van der Waals surface area contributed by atoms with Gasteiger partial charge in [0, 0.05) is 24.2 Å². The molecule has 1 amide bonds. The van der Waals surface area contributed by atoms with E-state index in [9.17, 15) is 21.6 Å². The number of fused-ring (bicyclic) bond motifs is 4. The van der Waals surface area contributed by atoms with E-state index >= 15 is 0 Å². The van der Waals surface area contributed by atoms with Crippen LogP contribution in [0.15, 0.2) is 101 Å². The van der Waals surface area contributed by atoms with Gasteiger partial charge in [-0.3, -0.25) is 9.20 Å². The van der Waals surface area contributed by atoms with Gasteiger partial charge in [0.15, 0.2) is 11.3 Å². The van der Waals surface area contributed by atoms with Crippen LogP contribution in [-0.4, -0.2) is 55.0 Å². The zero-order chi connectivity index (χ0) is 39.7. The molecule has 15 heteroatoms. The Bertz CT molecular complexity index is 2780. The van der Waals surface area contributed by atoms with Crippen LogP contribution in [0.2, 0.25) is 0 Å². The van der Waals surface area contributed by atoms with Crippen molar-refractivity contribution in [1.29, 1.82) is 0 Å². The van der Waals surface area contributed by atoms with Gasteiger partial charge in [0.05, 0.1) is 51.7 Å². The van der Waals surface area contributed by atoms with E-state index in [0.717, 1.165) is 70.5 Å². The van der Waals surface area contributed by atoms with Gasteiger partial charge in [-0.25, -0.2) is 44.7 Å². The minimum absolute atomic E-state index is 0.0612. The van der Waals surface area contributed by atoms with Crippen molar-refractivity contribution in [3.05, 3.63) is 114 Å². The number of rotatable bonds is 8. The summed E-state index contributed by atoms with van der Waals surface area (Å²) in [5.74, 6) is 1.58. The number of carbonyl (C=O) groups excluding carboxylic acids is 1. The van der Waals surface area contributed by atoms with Crippen molar-refractivity contribution in [2.75, 3.05) is 0 Å². The van der Waals surface area contributed by atoms with E-state index in [0.29, 0.717) is 22.8 Å². The molecular formula is C42H46N8O5S2. The molecule has 0 spiro atoms. The summed E-state index contributed by atoms with van der Waals surface area (Å²) >= 11 is 0. The summed E-state index contributed by atoms with van der Waals surface area (Å²) in [7, 11) is -7.46. The topological polar surface area (TPSA) is 163 Å². The number of nitrogens with one attached hydrogen (secondary N) is 1. The molecule has 0 atom stereocenters. The number of aromatic nitrogens is 7. The Hall–Kier alpha value is -5.41. The molecule has 0 aliphatic heterocycles. The number of carbonyl (C=O) groups is 1. The first-order valence-corrected chi connectivity index (χ1v) is 22.5. The van der Waals surface area contributed by atoms with Gasteiger partial charge >= 0.3 is 0 Å². The first kappa shape index (κ1) is 38.5. The maximum atomic E-state index is 13.2. The van der Waals surface area contributed by atoms with Gasteiger partial charge in [-0.15, -0.1) is 0 Å². The summed E-state index contributed by atoms with van der Waals surface area (Å²) in [5.41, 5.74) is 5.48. The standard InChI is InChI=1S/C21H24N4O3S.C21H22N4O2S/c1-15-7-9-18(10-8-15)29(27,28)25-12-11-19-20(25)22-13-17(24-19)14-23-21(26)16-5-3-2-4-6-16;1-15-7-9-18(10-8-15)28(26,27)24-12-11-19-21(24)23-14-17-13-22-20(25(17)19)16-5-3-2-4-6-16/h7-13,16H,2-6,14H2,1H3,(H,23,26);7-14,16H,2-6H2,1H3. The van der Waals surface area contributed by atoms with Gasteiger partial charge in [0.25, 0.3) is 20.0 Å². The summed E-state index contributed by atoms with van der Waals surface area (Å²) in [4.78, 5) is 30.7. The number of nitrogens with zero attached hydrogens (tertiary/aromatic N) is 7. The Balaban J connectivity index is 0.000000160. The zero-order valence-corrected chi connectivity index (χ0v) is 33.7. The molecule has 13 nitrogen and oxygen atoms in total. The van der Waals surface area contributed by atoms with Crippen molar-refractivity contribution in [3.63, 3.8) is 0 Å². The molecule has 296 valence electrons. The van der Waals surface area contributed by atoms with Gasteiger partial charge < -0.3 is 5.32 Å². The lowest BCUT2D eigenvalue weighted by Crippen LogP contribution is -2.31. The van der Waals surface area contributed by atoms with Gasteiger partial charge in [0.2, 0.25) is 5.91 Å². The molecule has 2 fully saturated rings. The summed E-state index contributed by atoms with van der Waals surface area (Å²) in [6.45, 7) is 4.13. The molecule has 0 unspecified atom stereocenters. The third-order valence-electron chi connectivity index (χ3n) is 11.1. The molecule has 2 aliphatic rings. The van der Waals surface area contributed by atoms with Crippen LogP contribution in [0.1, 0.15) is 92.8 Å². The first-order valence-electron chi connectivity index (χ1n) is 19.6. The molecule has 2 saturated carbocycles. The minimum atomic E-state index is -3.75. The first-order chi connectivity index (χ1) is 27.5. The number of imidazole rings is 1. The van der Waals surface area contributed by atoms with Crippen molar-refractivity contribution in [1.82, 2.24) is 37.6 Å². The lowest BCUT2D eigenvalue weighted by atomic mass is 9.89. The molecule has 0 bridgehead atoms. The maximum absolute atomic E-state index is 13.2. The van der Waals surface area contributed by atoms with Crippen molar-refractivity contribution in [3.8, 4) is 0 Å². The Labute approximate surface area is 332 Å². The second-order valence-corrected chi connectivity index (χ2v) is 18.8. The Morgan fingerprint density at radius 3 is 1.84 bits per heavy atom. The van der Waals surface area contributed by atoms with Crippen molar-refractivity contribution >= 4 is 53.8 Å². The number of benzene rings is 2. The van der Waals surface area contributed by atoms with Crippen LogP contribution >= 0.6 is 0 Å². The fourth-order valence-electron chi connectivity index (χ4n) is 7.94. The Morgan fingerprint density at radius 1 is 0.667 bits per heavy atom. The molecule has 5 aromatic heterocycles. The van der Waals surface area contributed by atoms with Crippen LogP contribution < -0.4 is 5.32 Å². The van der Waals surface area contributed by atoms with Crippen LogP contribution in [0, 0.1) is 19.8 Å². The zero-order valence-electron chi connectivity index (χ0n) is 32.1. The number of hydrogen-bond donors (Lipinski definition) is 1. The van der Waals surface area contributed by atoms with E-state index in [1.165, 1.54) is 42.0 Å². The highest BCUT2D eigenvalue weighted by atomic mass is 32.2. The highest BCUT2D eigenvalue weighted by molar-refractivity contribution is 7.90. The van der Waals surface area contributed by atoms with Crippen LogP contribution in [0.5, 0.6) is 0 Å². The summed E-state index contributed by atoms with van der Waals surface area (Å²) in [5, 5.41) is 2.94. The van der Waals surface area contributed by atoms with Gasteiger partial charge in [-0.1, -0.05) is 73.9 Å². The monoisotopic (exact) mass is 806 g/mol. The molecule has 0 radical (unpaired) electrons. The highest BCUT2D eigenvalue weighted by Gasteiger charge is 2.26. The SMILES string of the molecule is Cc1ccc(S(=O)(=O)n2ccc3c2ncc2cnc(C4CCCCC4)n23)cc1.Cc1ccc(S(=O)(=O)n2ccc3nc(CNC(=O)C4CCCCC4)cnc32)cc1. The van der Waals surface area contributed by atoms with Crippen LogP contribution in [-0.2, 0) is 31.4 Å². The Kier molecular flexibility index (Phi) is 10.7. The van der Waals surface area contributed by atoms with E-state index in [2.05, 4.69) is 29.7 Å². The summed E-state index contributed by atoms with van der Waals surface area (Å²) in [6.07, 6.45) is 19.4. The molecular weight excluding hydrogens is 761 g/mol. The smallest absolute Gasteiger partial charge is 0.269 e. The van der Waals surface area contributed by atoms with E-state index in [-0.39, 0.29) is 33.8 Å². The third kappa shape index (κ3) is 7.69. The average Bonchev–Trinajstić information content (AvgIpc) is 3.98. The lowest BCUT2D eigenvalue weighted by Gasteiger charge is -2.20. The minimum Gasteiger partial charge on any atom is -0.350 e. The molecule has 9 rings (SSSR count). The van der Waals surface area contributed by atoms with Crippen molar-refractivity contribution < 1.29 is 21.6 Å². The number of aryl methyl sites for hydroxylation is 2. The van der Waals surface area contributed by atoms with E-state index in [1.54, 1.807) is 67.0 Å². The second-order valence-electron chi connectivity index (χ2n) is 15.2. The van der Waals surface area contributed by atoms with Crippen molar-refractivity contribution in [2.45, 2.75) is 100 Å². The maximum Gasteiger partial charge on any atom is 0.269 e. The largest absolute Gasteiger partial charge is 0.350 e. The summed E-state index contributed by atoms with van der Waals surface area (Å²) < 4.78 is 56.7. The predicted molar refractivity (Wildman–Crippen MR) is 218 cm³/mol. The van der Waals surface area contributed by atoms with Crippen molar-refractivity contribution in [2.24, 2.45) is 5.92 Å². The van der Waals surface area contributed by atoms with Crippen LogP contribution in [0.25, 0.3) is 27.8 Å². The Morgan fingerprint density at radius 2 is 1.21 bits per heavy atom. The molecule has 57 heavy (non-hydrogen) atoms. The van der Waals surface area contributed by atoms with Crippen LogP contribution in [0.3, 0.4) is 0 Å². The van der Waals surface area contributed by atoms with Gasteiger partial charge in [-0.2, -0.15) is 0 Å². The molecule has 2 aromatic carbocycles. The van der Waals surface area contributed by atoms with Crippen LogP contribution in [0.4, 0.5) is 0 Å². The van der Waals surface area contributed by atoms with Gasteiger partial charge in [-0.05, 0) is 75.9 Å². The second kappa shape index (κ2) is 15.9. The molecule has 0 saturated heterocycles. The normalized spacial score (nSPS) is 15.8. The quantitative estimate of drug-likeness (QED) is 0.164. The van der Waals surface area contributed by atoms with Gasteiger partial charge in [0.1, 0.15) is 11.3 Å². The lowest BCUT2D eigenvalue weighted by molar-refractivity contribution is -0.126. The van der Waals surface area contributed by atoms with E-state index in [1.807, 2.05) is 26.1 Å². The van der Waals surface area contributed by atoms with E-state index < -0.39 is 20.0 Å². The highest BCUT2D eigenvalue weighted by Crippen LogP contribution is 2.34. The average molecular weight is 807 g/mol. The number of amides is 1. The fourth-order valence-corrected chi connectivity index (χ4v) is 10.5. The third-order valence-corrected chi connectivity index (χ3v) is 14.5. The predicted octanol–water partition coefficient (Wildman–Crippen LogP) is 7.45. The summed E-state index contributed by atoms with van der Waals surface area (Å²) in [6, 6.07) is 17.0. The molecule has 2 aliphatic carbocycles. The van der Waals surface area contributed by atoms with E-state index in [4.69, 9.17) is 0 Å². The number of hydrogen-bond acceptors (Lipinski definition) is 9. The molecule has 5 heterocycles. The molecule has 1 N–H and O–H groups in total.